The van der Waals surface area contributed by atoms with Crippen LogP contribution in [0.5, 0.6) is 0 Å². The first-order valence-electron chi connectivity index (χ1n) is 12.6. The van der Waals surface area contributed by atoms with Crippen LogP contribution in [-0.2, 0) is 14.8 Å². The van der Waals surface area contributed by atoms with Crippen molar-refractivity contribution in [2.24, 2.45) is 0 Å². The van der Waals surface area contributed by atoms with Crippen molar-refractivity contribution < 1.29 is 23.1 Å². The molecule has 2 aromatic carbocycles. The van der Waals surface area contributed by atoms with Crippen LogP contribution < -0.4 is 14.9 Å². The maximum Gasteiger partial charge on any atom is 0.336 e. The number of hydrogen-bond acceptors (Lipinski definition) is 7. The summed E-state index contributed by atoms with van der Waals surface area (Å²) in [5.41, 5.74) is 2.40. The van der Waals surface area contributed by atoms with Gasteiger partial charge in [0.1, 0.15) is 5.82 Å². The van der Waals surface area contributed by atoms with E-state index in [4.69, 9.17) is 0 Å². The van der Waals surface area contributed by atoms with E-state index in [1.54, 1.807) is 24.3 Å². The molecule has 226 valence electrons. The molecule has 0 bridgehead atoms. The molecule has 1 aliphatic heterocycles. The fourth-order valence-electron chi connectivity index (χ4n) is 4.57. The van der Waals surface area contributed by atoms with Crippen molar-refractivity contribution in [1.82, 2.24) is 15.2 Å². The Balaban J connectivity index is 0.00000280. The number of benzene rings is 2. The Hall–Kier alpha value is -2.83. The lowest BCUT2D eigenvalue weighted by Crippen LogP contribution is -2.49. The number of aromatic nitrogens is 1. The fourth-order valence-corrected chi connectivity index (χ4v) is 5.81. The number of nitrogens with zero attached hydrogens (tertiary/aromatic N) is 3. The van der Waals surface area contributed by atoms with Gasteiger partial charge in [0.15, 0.2) is 0 Å². The molecule has 3 N–H and O–H groups in total. The maximum absolute atomic E-state index is 13.0. The second kappa shape index (κ2) is 15.4. The number of sulfonamides is 1. The minimum absolute atomic E-state index is 0. The molecule has 1 amide bonds. The molecule has 0 radical (unpaired) electrons. The second-order valence-corrected chi connectivity index (χ2v) is 11.3. The first-order valence-corrected chi connectivity index (χ1v) is 14.1. The molecule has 10 nitrogen and oxygen atoms in total. The molecule has 1 fully saturated rings. The highest BCUT2D eigenvalue weighted by atomic mass is 35.5. The molecule has 0 aliphatic carbocycles. The first kappa shape index (κ1) is 36.2. The second-order valence-electron chi connectivity index (χ2n) is 9.61. The Morgan fingerprint density at radius 1 is 0.951 bits per heavy atom. The molecular weight excluding hydrogens is 613 g/mol. The highest BCUT2D eigenvalue weighted by Gasteiger charge is 2.23. The molecule has 1 aliphatic rings. The number of fused-ring (bicyclic) bond motifs is 1. The molecule has 14 heteroatoms. The van der Waals surface area contributed by atoms with Gasteiger partial charge in [-0.1, -0.05) is 13.0 Å². The van der Waals surface area contributed by atoms with E-state index in [0.29, 0.717) is 56.0 Å². The minimum Gasteiger partial charge on any atom is -0.478 e. The number of pyridine rings is 1. The number of hydrogen-bond donors (Lipinski definition) is 3. The van der Waals surface area contributed by atoms with Gasteiger partial charge < -0.3 is 15.3 Å². The van der Waals surface area contributed by atoms with E-state index in [1.807, 2.05) is 31.7 Å². The van der Waals surface area contributed by atoms with Crippen LogP contribution in [-0.4, -0.2) is 74.6 Å². The number of aryl methyl sites for hydroxylation is 2. The highest BCUT2D eigenvalue weighted by molar-refractivity contribution is 7.92. The van der Waals surface area contributed by atoms with Gasteiger partial charge in [-0.3, -0.25) is 14.4 Å². The summed E-state index contributed by atoms with van der Waals surface area (Å²) in [7, 11) is -3.86. The number of halogens is 3. The maximum atomic E-state index is 13.0. The SMILES string of the molecule is CCCNC(=O)CN1CCN(c2cc(C(=O)O)c3cc(NS(=O)(=O)c4cc(C)cc(C)c4)ccc3n2)CC1.Cl.Cl.Cl. The van der Waals surface area contributed by atoms with E-state index in [9.17, 15) is 23.1 Å². The van der Waals surface area contributed by atoms with Gasteiger partial charge in [0.25, 0.3) is 10.0 Å². The fraction of sp³-hybridized carbons (Fsp3) is 0.370. The van der Waals surface area contributed by atoms with Crippen LogP contribution in [0.3, 0.4) is 0 Å². The smallest absolute Gasteiger partial charge is 0.336 e. The van der Waals surface area contributed by atoms with Crippen molar-refractivity contribution in [1.29, 1.82) is 0 Å². The third kappa shape index (κ3) is 9.08. The number of aromatic carboxylic acids is 1. The molecule has 4 rings (SSSR count). The van der Waals surface area contributed by atoms with E-state index in [-0.39, 0.29) is 59.3 Å². The average Bonchev–Trinajstić information content (AvgIpc) is 2.86. The lowest BCUT2D eigenvalue weighted by atomic mass is 10.1. The van der Waals surface area contributed by atoms with E-state index in [0.717, 1.165) is 17.5 Å². The molecular formula is C27H36Cl3N5O5S. The molecule has 0 spiro atoms. The first-order chi connectivity index (χ1) is 18.1. The standard InChI is InChI=1S/C27H33N5O5S.3ClH/c1-4-7-28-26(33)17-31-8-10-32(11-9-31)25-16-23(27(34)35)22-15-20(5-6-24(22)29-25)30-38(36,37)21-13-18(2)12-19(3)14-21;;;/h5-6,12-16,30H,4,7-11,17H2,1-3H3,(H,28,33)(H,34,35);3*1H. The summed E-state index contributed by atoms with van der Waals surface area (Å²) in [6, 6.07) is 11.3. The predicted molar refractivity (Wildman–Crippen MR) is 169 cm³/mol. The summed E-state index contributed by atoms with van der Waals surface area (Å²) in [6.45, 7) is 9.17. The van der Waals surface area contributed by atoms with Crippen molar-refractivity contribution in [3.05, 3.63) is 59.2 Å². The number of anilines is 2. The van der Waals surface area contributed by atoms with Crippen LogP contribution in [0.1, 0.15) is 34.8 Å². The van der Waals surface area contributed by atoms with Crippen molar-refractivity contribution in [2.45, 2.75) is 32.1 Å². The Bertz CT molecular complexity index is 1460. The summed E-state index contributed by atoms with van der Waals surface area (Å²) in [5, 5.41) is 13.2. The Morgan fingerprint density at radius 3 is 2.17 bits per heavy atom. The van der Waals surface area contributed by atoms with Crippen molar-refractivity contribution in [2.75, 3.05) is 48.9 Å². The Morgan fingerprint density at radius 2 is 1.59 bits per heavy atom. The van der Waals surface area contributed by atoms with E-state index in [1.165, 1.54) is 12.1 Å². The van der Waals surface area contributed by atoms with Gasteiger partial charge in [-0.15, -0.1) is 37.2 Å². The van der Waals surface area contributed by atoms with Crippen LogP contribution >= 0.6 is 37.2 Å². The molecule has 3 aromatic rings. The quantitative estimate of drug-likeness (QED) is 0.314. The Labute approximate surface area is 259 Å². The van der Waals surface area contributed by atoms with E-state index in [2.05, 4.69) is 19.9 Å². The lowest BCUT2D eigenvalue weighted by Gasteiger charge is -2.35. The van der Waals surface area contributed by atoms with Gasteiger partial charge >= 0.3 is 5.97 Å². The molecule has 1 saturated heterocycles. The number of carbonyl (C=O) groups is 2. The van der Waals surface area contributed by atoms with Crippen LogP contribution in [0.25, 0.3) is 10.9 Å². The van der Waals surface area contributed by atoms with Gasteiger partial charge in [-0.05, 0) is 67.8 Å². The Kier molecular flexibility index (Phi) is 13.6. The molecule has 2 heterocycles. The number of piperazine rings is 1. The number of carboxylic acid groups (broad SMARTS) is 1. The highest BCUT2D eigenvalue weighted by Crippen LogP contribution is 2.28. The summed E-state index contributed by atoms with van der Waals surface area (Å²) in [6.07, 6.45) is 0.888. The summed E-state index contributed by atoms with van der Waals surface area (Å²) in [4.78, 5) is 33.1. The average molecular weight is 649 g/mol. The monoisotopic (exact) mass is 647 g/mol. The van der Waals surface area contributed by atoms with E-state index < -0.39 is 16.0 Å². The van der Waals surface area contributed by atoms with Gasteiger partial charge in [-0.2, -0.15) is 0 Å². The summed E-state index contributed by atoms with van der Waals surface area (Å²) < 4.78 is 28.5. The van der Waals surface area contributed by atoms with Crippen molar-refractivity contribution in [3.8, 4) is 0 Å². The summed E-state index contributed by atoms with van der Waals surface area (Å²) in [5.74, 6) is -0.589. The third-order valence-electron chi connectivity index (χ3n) is 6.42. The number of carboxylic acids is 1. The van der Waals surface area contributed by atoms with E-state index >= 15 is 0 Å². The summed E-state index contributed by atoms with van der Waals surface area (Å²) >= 11 is 0. The normalized spacial score (nSPS) is 13.4. The topological polar surface area (TPSA) is 132 Å². The number of amides is 1. The predicted octanol–water partition coefficient (Wildman–Crippen LogP) is 4.26. The number of rotatable bonds is 9. The number of nitrogens with one attached hydrogen (secondary N) is 2. The van der Waals surface area contributed by atoms with Crippen LogP contribution in [0.15, 0.2) is 47.4 Å². The molecule has 0 atom stereocenters. The largest absolute Gasteiger partial charge is 0.478 e. The molecule has 41 heavy (non-hydrogen) atoms. The van der Waals surface area contributed by atoms with Crippen molar-refractivity contribution >= 4 is 81.5 Å². The van der Waals surface area contributed by atoms with Gasteiger partial charge in [0, 0.05) is 43.8 Å². The zero-order valence-electron chi connectivity index (χ0n) is 23.0. The molecule has 0 unspecified atom stereocenters. The van der Waals surface area contributed by atoms with Gasteiger partial charge in [-0.25, -0.2) is 18.2 Å². The zero-order chi connectivity index (χ0) is 27.4. The van der Waals surface area contributed by atoms with Gasteiger partial charge in [0.05, 0.1) is 22.5 Å². The van der Waals surface area contributed by atoms with Crippen molar-refractivity contribution in [3.63, 3.8) is 0 Å². The molecule has 1 aromatic heterocycles. The minimum atomic E-state index is -3.86. The molecule has 0 saturated carbocycles. The van der Waals surface area contributed by atoms with Gasteiger partial charge in [0.2, 0.25) is 5.91 Å². The van der Waals surface area contributed by atoms with Crippen LogP contribution in [0, 0.1) is 13.8 Å². The third-order valence-corrected chi connectivity index (χ3v) is 7.78. The lowest BCUT2D eigenvalue weighted by molar-refractivity contribution is -0.122. The number of carbonyl (C=O) groups excluding carboxylic acids is 1. The van der Waals surface area contributed by atoms with Crippen LogP contribution in [0.2, 0.25) is 0 Å². The van der Waals surface area contributed by atoms with Crippen LogP contribution in [0.4, 0.5) is 11.5 Å². The zero-order valence-corrected chi connectivity index (χ0v) is 26.3.